The molecule has 0 aromatic carbocycles. The molecule has 0 aliphatic carbocycles. The van der Waals surface area contributed by atoms with Crippen LogP contribution >= 0.6 is 0 Å². The van der Waals surface area contributed by atoms with Crippen LogP contribution in [-0.4, -0.2) is 36.9 Å². The van der Waals surface area contributed by atoms with Crippen molar-refractivity contribution in [3.05, 3.63) is 0 Å². The molecule has 0 aromatic heterocycles. The Hall–Kier alpha value is -0.610. The Labute approximate surface area is 59.2 Å². The maximum absolute atomic E-state index is 10.3. The number of ether oxygens (including phenoxy) is 1. The van der Waals surface area contributed by atoms with Gasteiger partial charge in [-0.05, 0) is 0 Å². The van der Waals surface area contributed by atoms with E-state index in [9.17, 15) is 4.79 Å². The van der Waals surface area contributed by atoms with Gasteiger partial charge in [0.15, 0.2) is 0 Å². The second-order valence-corrected chi connectivity index (χ2v) is 2.39. The van der Waals surface area contributed by atoms with E-state index in [2.05, 4.69) is 5.32 Å². The monoisotopic (exact) mass is 145 g/mol. The van der Waals surface area contributed by atoms with Crippen LogP contribution in [0.3, 0.4) is 0 Å². The highest BCUT2D eigenvalue weighted by atomic mass is 16.5. The van der Waals surface area contributed by atoms with Gasteiger partial charge < -0.3 is 15.2 Å². The van der Waals surface area contributed by atoms with Gasteiger partial charge in [-0.25, -0.2) is 0 Å². The van der Waals surface area contributed by atoms with Crippen molar-refractivity contribution >= 4 is 5.97 Å². The normalized spacial score (nSPS) is 32.5. The van der Waals surface area contributed by atoms with Crippen molar-refractivity contribution in [3.63, 3.8) is 0 Å². The fraction of sp³-hybridized carbons (Fsp3) is 0.833. The summed E-state index contributed by atoms with van der Waals surface area (Å²) in [4.78, 5) is 10.3. The van der Waals surface area contributed by atoms with Crippen molar-refractivity contribution in [2.24, 2.45) is 0 Å². The van der Waals surface area contributed by atoms with Crippen LogP contribution in [0.2, 0.25) is 0 Å². The molecular formula is C6H11NO3. The molecule has 1 aliphatic heterocycles. The van der Waals surface area contributed by atoms with Crippen molar-refractivity contribution in [2.45, 2.75) is 18.6 Å². The number of methoxy groups -OCH3 is 1. The molecule has 1 aliphatic rings. The lowest BCUT2D eigenvalue weighted by molar-refractivity contribution is -0.139. The van der Waals surface area contributed by atoms with Crippen molar-refractivity contribution < 1.29 is 14.6 Å². The van der Waals surface area contributed by atoms with E-state index in [1.807, 2.05) is 0 Å². The highest BCUT2D eigenvalue weighted by Crippen LogP contribution is 2.08. The lowest BCUT2D eigenvalue weighted by Gasteiger charge is -2.03. The summed E-state index contributed by atoms with van der Waals surface area (Å²) < 4.78 is 4.97. The maximum Gasteiger partial charge on any atom is 0.320 e. The molecule has 2 atom stereocenters. The molecule has 0 radical (unpaired) electrons. The zero-order valence-electron chi connectivity index (χ0n) is 5.83. The number of carboxylic acids is 1. The standard InChI is InChI=1S/C6H11NO3/c1-10-4-2-5(6(8)9)7-3-4/h4-5,7H,2-3H2,1H3,(H,8,9)/t4?,5-/m0/s1. The summed E-state index contributed by atoms with van der Waals surface area (Å²) in [5.74, 6) is -0.792. The summed E-state index contributed by atoms with van der Waals surface area (Å²) in [6.07, 6.45) is 0.646. The van der Waals surface area contributed by atoms with E-state index >= 15 is 0 Å². The second-order valence-electron chi connectivity index (χ2n) is 2.39. The molecule has 1 fully saturated rings. The highest BCUT2D eigenvalue weighted by molar-refractivity contribution is 5.73. The number of carbonyl (C=O) groups is 1. The summed E-state index contributed by atoms with van der Waals surface area (Å²) in [6.45, 7) is 0.646. The van der Waals surface area contributed by atoms with Gasteiger partial charge in [0.2, 0.25) is 0 Å². The van der Waals surface area contributed by atoms with Crippen LogP contribution in [0.15, 0.2) is 0 Å². The van der Waals surface area contributed by atoms with E-state index in [1.54, 1.807) is 7.11 Å². The molecule has 1 rings (SSSR count). The number of hydrogen-bond acceptors (Lipinski definition) is 3. The van der Waals surface area contributed by atoms with E-state index in [0.717, 1.165) is 0 Å². The average Bonchev–Trinajstić information content (AvgIpc) is 2.34. The molecule has 0 bridgehead atoms. The second kappa shape index (κ2) is 2.98. The van der Waals surface area contributed by atoms with Crippen LogP contribution < -0.4 is 5.32 Å². The smallest absolute Gasteiger partial charge is 0.320 e. The van der Waals surface area contributed by atoms with Crippen LogP contribution in [0.4, 0.5) is 0 Å². The first kappa shape index (κ1) is 7.50. The molecular weight excluding hydrogens is 134 g/mol. The van der Waals surface area contributed by atoms with E-state index in [4.69, 9.17) is 9.84 Å². The predicted octanol–water partition coefficient (Wildman–Crippen LogP) is -0.552. The zero-order valence-corrected chi connectivity index (χ0v) is 5.83. The molecule has 0 aromatic rings. The minimum atomic E-state index is -0.792. The van der Waals surface area contributed by atoms with Gasteiger partial charge in [0.1, 0.15) is 6.04 Å². The van der Waals surface area contributed by atoms with Gasteiger partial charge in [-0.3, -0.25) is 4.79 Å². The lowest BCUT2D eigenvalue weighted by Crippen LogP contribution is -2.29. The first-order valence-corrected chi connectivity index (χ1v) is 3.23. The Morgan fingerprint density at radius 3 is 2.80 bits per heavy atom. The Morgan fingerprint density at radius 1 is 1.80 bits per heavy atom. The third-order valence-corrected chi connectivity index (χ3v) is 1.72. The fourth-order valence-corrected chi connectivity index (χ4v) is 1.07. The predicted molar refractivity (Wildman–Crippen MR) is 34.8 cm³/mol. The van der Waals surface area contributed by atoms with Crippen molar-refractivity contribution in [3.8, 4) is 0 Å². The van der Waals surface area contributed by atoms with Gasteiger partial charge in [-0.2, -0.15) is 0 Å². The molecule has 0 saturated carbocycles. The number of carboxylic acid groups (broad SMARTS) is 1. The van der Waals surface area contributed by atoms with Crippen LogP contribution in [0, 0.1) is 0 Å². The molecule has 10 heavy (non-hydrogen) atoms. The Morgan fingerprint density at radius 2 is 2.50 bits per heavy atom. The zero-order chi connectivity index (χ0) is 7.56. The largest absolute Gasteiger partial charge is 0.480 e. The van der Waals surface area contributed by atoms with Crippen LogP contribution in [0.5, 0.6) is 0 Å². The van der Waals surface area contributed by atoms with Crippen LogP contribution in [0.25, 0.3) is 0 Å². The number of hydrogen-bond donors (Lipinski definition) is 2. The summed E-state index contributed by atoms with van der Waals surface area (Å²) in [5, 5.41) is 11.3. The topological polar surface area (TPSA) is 58.6 Å². The molecule has 0 spiro atoms. The molecule has 4 nitrogen and oxygen atoms in total. The first-order valence-electron chi connectivity index (χ1n) is 3.23. The summed E-state index contributed by atoms with van der Waals surface area (Å²) in [6, 6.07) is -0.412. The molecule has 1 saturated heterocycles. The van der Waals surface area contributed by atoms with E-state index < -0.39 is 12.0 Å². The Bertz CT molecular complexity index is 137. The Kier molecular flexibility index (Phi) is 2.24. The van der Waals surface area contributed by atoms with Gasteiger partial charge in [-0.15, -0.1) is 0 Å². The minimum absolute atomic E-state index is 0.0705. The molecule has 58 valence electrons. The SMILES string of the molecule is COC1CN[C@H](C(=O)O)C1. The highest BCUT2D eigenvalue weighted by Gasteiger charge is 2.28. The average molecular weight is 145 g/mol. The molecule has 2 N–H and O–H groups in total. The van der Waals surface area contributed by atoms with E-state index in [1.165, 1.54) is 0 Å². The molecule has 1 unspecified atom stereocenters. The third kappa shape index (κ3) is 1.46. The third-order valence-electron chi connectivity index (χ3n) is 1.72. The molecule has 0 amide bonds. The van der Waals surface area contributed by atoms with Gasteiger partial charge in [0.25, 0.3) is 0 Å². The van der Waals surface area contributed by atoms with Crippen LogP contribution in [0.1, 0.15) is 6.42 Å². The van der Waals surface area contributed by atoms with Gasteiger partial charge in [0.05, 0.1) is 6.10 Å². The summed E-state index contributed by atoms with van der Waals surface area (Å²) >= 11 is 0. The quantitative estimate of drug-likeness (QED) is 0.547. The number of nitrogens with one attached hydrogen (secondary N) is 1. The van der Waals surface area contributed by atoms with E-state index in [-0.39, 0.29) is 6.10 Å². The summed E-state index contributed by atoms with van der Waals surface area (Å²) in [5.41, 5.74) is 0. The van der Waals surface area contributed by atoms with Gasteiger partial charge in [-0.1, -0.05) is 0 Å². The maximum atomic E-state index is 10.3. The minimum Gasteiger partial charge on any atom is -0.480 e. The van der Waals surface area contributed by atoms with Crippen molar-refractivity contribution in [1.82, 2.24) is 5.32 Å². The van der Waals surface area contributed by atoms with Gasteiger partial charge >= 0.3 is 5.97 Å². The molecule has 1 heterocycles. The van der Waals surface area contributed by atoms with E-state index in [0.29, 0.717) is 13.0 Å². The summed E-state index contributed by atoms with van der Waals surface area (Å²) in [7, 11) is 1.59. The van der Waals surface area contributed by atoms with Crippen LogP contribution in [-0.2, 0) is 9.53 Å². The number of rotatable bonds is 2. The lowest BCUT2D eigenvalue weighted by atomic mass is 10.2. The van der Waals surface area contributed by atoms with Crippen molar-refractivity contribution in [1.29, 1.82) is 0 Å². The first-order chi connectivity index (χ1) is 4.74. The molecule has 4 heteroatoms. The Balaban J connectivity index is 2.35. The van der Waals surface area contributed by atoms with Gasteiger partial charge in [0, 0.05) is 20.1 Å². The van der Waals surface area contributed by atoms with Crippen molar-refractivity contribution in [2.75, 3.05) is 13.7 Å². The fourth-order valence-electron chi connectivity index (χ4n) is 1.07. The number of aliphatic carboxylic acids is 1.